The maximum Gasteiger partial charge on any atom is 0.321 e. The highest BCUT2D eigenvalue weighted by molar-refractivity contribution is 6.20. The van der Waals surface area contributed by atoms with Crippen LogP contribution in [0.25, 0.3) is 0 Å². The van der Waals surface area contributed by atoms with Crippen LogP contribution < -0.4 is 15.5 Å². The Hall–Kier alpha value is -3.93. The molecule has 0 saturated carbocycles. The second kappa shape index (κ2) is 8.44. The molecule has 1 aliphatic rings. The van der Waals surface area contributed by atoms with Crippen LogP contribution in [0.4, 0.5) is 16.2 Å². The van der Waals surface area contributed by atoms with E-state index < -0.39 is 12.2 Å². The Balaban J connectivity index is 1.68. The molecule has 3 aromatic carbocycles. The summed E-state index contributed by atoms with van der Waals surface area (Å²) >= 11 is 0. The van der Waals surface area contributed by atoms with Crippen molar-refractivity contribution >= 4 is 29.0 Å². The summed E-state index contributed by atoms with van der Waals surface area (Å²) in [7, 11) is 1.70. The first kappa shape index (κ1) is 20.3. The highest BCUT2D eigenvalue weighted by atomic mass is 16.2. The fraction of sp³-hybridized carbons (Fsp3) is 0.160. The monoisotopic (exact) mass is 412 g/mol. The van der Waals surface area contributed by atoms with Gasteiger partial charge in [0.2, 0.25) is 6.17 Å². The van der Waals surface area contributed by atoms with Crippen LogP contribution in [0.2, 0.25) is 0 Å². The lowest BCUT2D eigenvalue weighted by molar-refractivity contribution is -0.119. The summed E-state index contributed by atoms with van der Waals surface area (Å²) in [6.07, 6.45) is -1.06. The number of anilines is 2. The fourth-order valence-corrected chi connectivity index (χ4v) is 3.68. The van der Waals surface area contributed by atoms with E-state index in [1.165, 1.54) is 4.90 Å². The van der Waals surface area contributed by atoms with Crippen molar-refractivity contribution in [2.75, 3.05) is 17.3 Å². The fourth-order valence-electron chi connectivity index (χ4n) is 3.68. The van der Waals surface area contributed by atoms with Gasteiger partial charge in [0.25, 0.3) is 5.91 Å². The summed E-state index contributed by atoms with van der Waals surface area (Å²) in [4.78, 5) is 32.1. The number of hydrogen-bond donors (Lipinski definition) is 2. The lowest BCUT2D eigenvalue weighted by Gasteiger charge is -2.21. The molecule has 0 saturated heterocycles. The molecule has 3 aromatic rings. The number of para-hydroxylation sites is 1. The van der Waals surface area contributed by atoms with Gasteiger partial charge < -0.3 is 15.5 Å². The number of nitrogens with zero attached hydrogens (tertiary/aromatic N) is 2. The second-order valence-electron chi connectivity index (χ2n) is 7.58. The van der Waals surface area contributed by atoms with E-state index >= 15 is 0 Å². The predicted molar refractivity (Wildman–Crippen MR) is 124 cm³/mol. The minimum Gasteiger partial charge on any atom is -0.311 e. The molecule has 1 aliphatic heterocycles. The molecule has 4 rings (SSSR count). The summed E-state index contributed by atoms with van der Waals surface area (Å²) in [5.41, 5.74) is 5.86. The van der Waals surface area contributed by atoms with Gasteiger partial charge in [-0.2, -0.15) is 0 Å². The number of carbonyl (C=O) groups excluding carboxylic acids is 2. The van der Waals surface area contributed by atoms with Gasteiger partial charge in [-0.3, -0.25) is 4.79 Å². The number of benzodiazepines with no additional fused rings is 1. The molecule has 1 heterocycles. The molecular weight excluding hydrogens is 388 g/mol. The van der Waals surface area contributed by atoms with Crippen molar-refractivity contribution in [2.24, 2.45) is 4.99 Å². The van der Waals surface area contributed by atoms with Gasteiger partial charge in [0.05, 0.1) is 11.4 Å². The quantitative estimate of drug-likeness (QED) is 0.674. The van der Waals surface area contributed by atoms with E-state index in [1.807, 2.05) is 86.6 Å². The van der Waals surface area contributed by atoms with Crippen LogP contribution in [0, 0.1) is 13.8 Å². The van der Waals surface area contributed by atoms with Crippen LogP contribution in [0.5, 0.6) is 0 Å². The Labute approximate surface area is 181 Å². The second-order valence-corrected chi connectivity index (χ2v) is 7.58. The molecule has 31 heavy (non-hydrogen) atoms. The highest BCUT2D eigenvalue weighted by Gasteiger charge is 2.30. The van der Waals surface area contributed by atoms with E-state index in [0.29, 0.717) is 11.4 Å². The van der Waals surface area contributed by atoms with Crippen molar-refractivity contribution < 1.29 is 9.59 Å². The molecule has 1 atom stereocenters. The summed E-state index contributed by atoms with van der Waals surface area (Å²) in [6, 6.07) is 22.5. The van der Waals surface area contributed by atoms with Crippen molar-refractivity contribution in [3.05, 3.63) is 95.1 Å². The van der Waals surface area contributed by atoms with Crippen molar-refractivity contribution in [1.29, 1.82) is 0 Å². The summed E-state index contributed by atoms with van der Waals surface area (Å²) in [6.45, 7) is 3.92. The number of benzene rings is 3. The van der Waals surface area contributed by atoms with Gasteiger partial charge in [0.15, 0.2) is 0 Å². The number of fused-ring (bicyclic) bond motifs is 1. The molecule has 0 aromatic heterocycles. The number of carbonyl (C=O) groups is 2. The normalized spacial score (nSPS) is 15.6. The summed E-state index contributed by atoms with van der Waals surface area (Å²) in [5.74, 6) is -0.311. The van der Waals surface area contributed by atoms with Crippen LogP contribution in [0.1, 0.15) is 22.3 Å². The first-order valence-electron chi connectivity index (χ1n) is 10.1. The number of hydrogen-bond acceptors (Lipinski definition) is 3. The Morgan fingerprint density at radius 3 is 2.42 bits per heavy atom. The molecule has 0 bridgehead atoms. The smallest absolute Gasteiger partial charge is 0.311 e. The predicted octanol–water partition coefficient (Wildman–Crippen LogP) is 4.27. The zero-order chi connectivity index (χ0) is 22.0. The molecular formula is C25H24N4O2. The van der Waals surface area contributed by atoms with Crippen LogP contribution in [0.15, 0.2) is 77.8 Å². The van der Waals surface area contributed by atoms with Crippen LogP contribution in [0.3, 0.4) is 0 Å². The molecule has 6 heteroatoms. The lowest BCUT2D eigenvalue weighted by atomic mass is 10.0. The Morgan fingerprint density at radius 2 is 1.68 bits per heavy atom. The zero-order valence-corrected chi connectivity index (χ0v) is 17.7. The lowest BCUT2D eigenvalue weighted by Crippen LogP contribution is -2.47. The maximum atomic E-state index is 13.2. The number of aryl methyl sites for hydroxylation is 2. The van der Waals surface area contributed by atoms with E-state index in [0.717, 1.165) is 27.9 Å². The maximum absolute atomic E-state index is 13.2. The van der Waals surface area contributed by atoms with E-state index in [4.69, 9.17) is 4.99 Å². The largest absolute Gasteiger partial charge is 0.321 e. The first-order valence-corrected chi connectivity index (χ1v) is 10.1. The van der Waals surface area contributed by atoms with E-state index in [-0.39, 0.29) is 5.91 Å². The van der Waals surface area contributed by atoms with E-state index in [2.05, 4.69) is 10.6 Å². The minimum atomic E-state index is -1.06. The molecule has 6 nitrogen and oxygen atoms in total. The van der Waals surface area contributed by atoms with E-state index in [9.17, 15) is 9.59 Å². The van der Waals surface area contributed by atoms with Gasteiger partial charge in [-0.1, -0.05) is 66.2 Å². The van der Waals surface area contributed by atoms with Crippen molar-refractivity contribution in [3.63, 3.8) is 0 Å². The van der Waals surface area contributed by atoms with Gasteiger partial charge in [-0.25, -0.2) is 9.79 Å². The number of urea groups is 1. The van der Waals surface area contributed by atoms with Gasteiger partial charge in [0, 0.05) is 23.9 Å². The van der Waals surface area contributed by atoms with Crippen LogP contribution in [-0.2, 0) is 4.79 Å². The highest BCUT2D eigenvalue weighted by Crippen LogP contribution is 2.27. The average Bonchev–Trinajstić information content (AvgIpc) is 2.87. The zero-order valence-electron chi connectivity index (χ0n) is 17.7. The van der Waals surface area contributed by atoms with E-state index in [1.54, 1.807) is 7.05 Å². The summed E-state index contributed by atoms with van der Waals surface area (Å²) < 4.78 is 0. The van der Waals surface area contributed by atoms with Crippen molar-refractivity contribution in [3.8, 4) is 0 Å². The topological polar surface area (TPSA) is 73.8 Å². The first-order chi connectivity index (χ1) is 14.9. The number of amides is 3. The van der Waals surface area contributed by atoms with Crippen LogP contribution >= 0.6 is 0 Å². The number of rotatable bonds is 3. The Morgan fingerprint density at radius 1 is 0.968 bits per heavy atom. The number of nitrogens with one attached hydrogen (secondary N) is 2. The third-order valence-corrected chi connectivity index (χ3v) is 5.29. The molecule has 0 aliphatic carbocycles. The van der Waals surface area contributed by atoms with Crippen molar-refractivity contribution in [2.45, 2.75) is 20.0 Å². The molecule has 3 amide bonds. The molecule has 0 fully saturated rings. The molecule has 2 N–H and O–H groups in total. The summed E-state index contributed by atoms with van der Waals surface area (Å²) in [5, 5.41) is 5.56. The van der Waals surface area contributed by atoms with Gasteiger partial charge in [-0.15, -0.1) is 0 Å². The molecule has 0 unspecified atom stereocenters. The van der Waals surface area contributed by atoms with Crippen LogP contribution in [-0.4, -0.2) is 30.9 Å². The third kappa shape index (κ3) is 4.19. The standard InChI is InChI=1S/C25H24N4O2/c1-16-13-14-20(17(2)15-16)26-25(31)28-23-24(30)29(3)21-12-8-7-11-19(21)22(27-23)18-9-5-4-6-10-18/h4-15,23H,1-3H3,(H2,26,28,31)/t23-/m0/s1. The molecule has 0 radical (unpaired) electrons. The van der Waals surface area contributed by atoms with Gasteiger partial charge >= 0.3 is 6.03 Å². The Kier molecular flexibility index (Phi) is 5.54. The third-order valence-electron chi connectivity index (χ3n) is 5.29. The minimum absolute atomic E-state index is 0.311. The average molecular weight is 412 g/mol. The molecule has 0 spiro atoms. The number of likely N-dealkylation sites (N-methyl/N-ethyl adjacent to an activating group) is 1. The van der Waals surface area contributed by atoms with Gasteiger partial charge in [-0.05, 0) is 31.5 Å². The SMILES string of the molecule is Cc1ccc(NC(=O)N[C@@H]2N=C(c3ccccc3)c3ccccc3N(C)C2=O)c(C)c1. The Bertz CT molecular complexity index is 1170. The molecule has 156 valence electrons. The van der Waals surface area contributed by atoms with Gasteiger partial charge in [0.1, 0.15) is 0 Å². The van der Waals surface area contributed by atoms with Crippen molar-refractivity contribution in [1.82, 2.24) is 5.32 Å². The number of aliphatic imine (C=N–C) groups is 1.